The van der Waals surface area contributed by atoms with Gasteiger partial charge in [-0.1, -0.05) is 6.07 Å². The Morgan fingerprint density at radius 2 is 2.00 bits per heavy atom. The van der Waals surface area contributed by atoms with E-state index >= 15 is 0 Å². The number of hydrogen-bond acceptors (Lipinski definition) is 6. The molecule has 1 aliphatic rings. The third-order valence-corrected chi connectivity index (χ3v) is 4.71. The third kappa shape index (κ3) is 3.48. The van der Waals surface area contributed by atoms with Crippen molar-refractivity contribution in [1.29, 1.82) is 0 Å². The van der Waals surface area contributed by atoms with Crippen LogP contribution < -0.4 is 4.74 Å². The highest BCUT2D eigenvalue weighted by atomic mass is 16.5. The molecule has 1 fully saturated rings. The second-order valence-corrected chi connectivity index (χ2v) is 6.42. The van der Waals surface area contributed by atoms with Crippen LogP contribution in [0.3, 0.4) is 0 Å². The standard InChI is InChI=1S/C21H22N2O5/c1-13-12-14(7-8-16(13)28-3)19(24)17-18(15-6-4-5-9-22-15)23(10-11-27-2)21(26)20(17)25/h4-9,12,18,24H,10-11H2,1-3H3/b19-17-. The van der Waals surface area contributed by atoms with Gasteiger partial charge in [-0.05, 0) is 42.8 Å². The zero-order chi connectivity index (χ0) is 20.3. The van der Waals surface area contributed by atoms with Crippen LogP contribution in [0, 0.1) is 6.92 Å². The molecule has 146 valence electrons. The predicted octanol–water partition coefficient (Wildman–Crippen LogP) is 2.47. The van der Waals surface area contributed by atoms with Gasteiger partial charge < -0.3 is 19.5 Å². The number of benzene rings is 1. The van der Waals surface area contributed by atoms with E-state index in [1.807, 2.05) is 6.92 Å². The molecule has 7 nitrogen and oxygen atoms in total. The number of pyridine rings is 1. The molecule has 1 aromatic heterocycles. The summed E-state index contributed by atoms with van der Waals surface area (Å²) in [6, 6.07) is 9.54. The van der Waals surface area contributed by atoms with Crippen LogP contribution in [0.5, 0.6) is 5.75 Å². The lowest BCUT2D eigenvalue weighted by Gasteiger charge is -2.24. The van der Waals surface area contributed by atoms with Gasteiger partial charge in [-0.15, -0.1) is 0 Å². The summed E-state index contributed by atoms with van der Waals surface area (Å²) in [5.74, 6) is -0.991. The number of ketones is 1. The zero-order valence-corrected chi connectivity index (χ0v) is 16.0. The quantitative estimate of drug-likeness (QED) is 0.469. The minimum Gasteiger partial charge on any atom is -0.507 e. The summed E-state index contributed by atoms with van der Waals surface area (Å²) < 4.78 is 10.3. The summed E-state index contributed by atoms with van der Waals surface area (Å²) in [5.41, 5.74) is 1.76. The van der Waals surface area contributed by atoms with Crippen LogP contribution in [-0.4, -0.2) is 54.1 Å². The molecule has 1 amide bonds. The number of carbonyl (C=O) groups is 2. The van der Waals surface area contributed by atoms with Crippen molar-refractivity contribution in [3.8, 4) is 5.75 Å². The number of amides is 1. The van der Waals surface area contributed by atoms with Gasteiger partial charge in [0, 0.05) is 25.4 Å². The van der Waals surface area contributed by atoms with E-state index in [0.29, 0.717) is 17.0 Å². The number of aliphatic hydroxyl groups excluding tert-OH is 1. The van der Waals surface area contributed by atoms with Crippen LogP contribution in [0.1, 0.15) is 22.9 Å². The zero-order valence-electron chi connectivity index (χ0n) is 16.0. The summed E-state index contributed by atoms with van der Waals surface area (Å²) in [7, 11) is 3.08. The van der Waals surface area contributed by atoms with Crippen LogP contribution in [0.15, 0.2) is 48.2 Å². The predicted molar refractivity (Wildman–Crippen MR) is 103 cm³/mol. The fraction of sp³-hybridized carbons (Fsp3) is 0.286. The number of Topliss-reactive ketones (excluding diaryl/α,β-unsaturated/α-hetero) is 1. The molecule has 0 saturated carbocycles. The molecule has 0 aliphatic carbocycles. The number of carbonyl (C=O) groups excluding carboxylic acids is 2. The fourth-order valence-corrected chi connectivity index (χ4v) is 3.33. The minimum atomic E-state index is -0.779. The van der Waals surface area contributed by atoms with E-state index < -0.39 is 17.7 Å². The number of aromatic nitrogens is 1. The van der Waals surface area contributed by atoms with Gasteiger partial charge in [0.2, 0.25) is 0 Å². The lowest BCUT2D eigenvalue weighted by atomic mass is 9.97. The first kappa shape index (κ1) is 19.6. The Bertz CT molecular complexity index is 924. The average Bonchev–Trinajstić information content (AvgIpc) is 2.97. The number of methoxy groups -OCH3 is 2. The maximum absolute atomic E-state index is 12.8. The van der Waals surface area contributed by atoms with Crippen molar-refractivity contribution >= 4 is 17.4 Å². The molecule has 1 aromatic carbocycles. The SMILES string of the molecule is COCCN1C(=O)C(=O)/C(=C(\O)c2ccc(OC)c(C)c2)C1c1ccccn1. The molecule has 1 N–H and O–H groups in total. The number of rotatable bonds is 6. The minimum absolute atomic E-state index is 0.0179. The molecule has 1 atom stereocenters. The van der Waals surface area contributed by atoms with Crippen LogP contribution in [0.25, 0.3) is 5.76 Å². The molecule has 7 heteroatoms. The molecular weight excluding hydrogens is 360 g/mol. The molecule has 0 spiro atoms. The van der Waals surface area contributed by atoms with Crippen molar-refractivity contribution in [1.82, 2.24) is 9.88 Å². The molecule has 0 radical (unpaired) electrons. The summed E-state index contributed by atoms with van der Waals surface area (Å²) in [6.07, 6.45) is 1.59. The molecular formula is C21H22N2O5. The van der Waals surface area contributed by atoms with Crippen LogP contribution in [-0.2, 0) is 14.3 Å². The first-order chi connectivity index (χ1) is 13.5. The maximum Gasteiger partial charge on any atom is 0.295 e. The Labute approximate surface area is 163 Å². The van der Waals surface area contributed by atoms with Gasteiger partial charge in [0.15, 0.2) is 0 Å². The van der Waals surface area contributed by atoms with Gasteiger partial charge in [-0.25, -0.2) is 0 Å². The van der Waals surface area contributed by atoms with Crippen molar-refractivity contribution in [2.75, 3.05) is 27.4 Å². The summed E-state index contributed by atoms with van der Waals surface area (Å²) >= 11 is 0. The number of likely N-dealkylation sites (tertiary alicyclic amines) is 1. The Balaban J connectivity index is 2.15. The lowest BCUT2D eigenvalue weighted by Crippen LogP contribution is -2.33. The summed E-state index contributed by atoms with van der Waals surface area (Å²) in [4.78, 5) is 31.1. The van der Waals surface area contributed by atoms with Gasteiger partial charge in [-0.2, -0.15) is 0 Å². The molecule has 28 heavy (non-hydrogen) atoms. The normalized spacial score (nSPS) is 18.5. The van der Waals surface area contributed by atoms with E-state index in [9.17, 15) is 14.7 Å². The highest BCUT2D eigenvalue weighted by Gasteiger charge is 2.46. The molecule has 1 aliphatic heterocycles. The second-order valence-electron chi connectivity index (χ2n) is 6.42. The van der Waals surface area contributed by atoms with E-state index in [1.54, 1.807) is 49.7 Å². The van der Waals surface area contributed by atoms with Gasteiger partial charge >= 0.3 is 0 Å². The lowest BCUT2D eigenvalue weighted by molar-refractivity contribution is -0.140. The van der Waals surface area contributed by atoms with Gasteiger partial charge in [-0.3, -0.25) is 14.6 Å². The molecule has 0 bridgehead atoms. The Morgan fingerprint density at radius 3 is 2.61 bits per heavy atom. The molecule has 1 saturated heterocycles. The number of nitrogens with zero attached hydrogens (tertiary/aromatic N) is 2. The summed E-state index contributed by atoms with van der Waals surface area (Å²) in [6.45, 7) is 2.31. The monoisotopic (exact) mass is 382 g/mol. The van der Waals surface area contributed by atoms with Crippen LogP contribution >= 0.6 is 0 Å². The number of aryl methyl sites for hydroxylation is 1. The van der Waals surface area contributed by atoms with E-state index in [-0.39, 0.29) is 24.5 Å². The van der Waals surface area contributed by atoms with Crippen molar-refractivity contribution in [3.63, 3.8) is 0 Å². The van der Waals surface area contributed by atoms with Crippen molar-refractivity contribution in [3.05, 3.63) is 65.0 Å². The third-order valence-electron chi connectivity index (χ3n) is 4.71. The Hall–Kier alpha value is -3.19. The van der Waals surface area contributed by atoms with Crippen molar-refractivity contribution in [2.45, 2.75) is 13.0 Å². The van der Waals surface area contributed by atoms with Gasteiger partial charge in [0.1, 0.15) is 17.6 Å². The fourth-order valence-electron chi connectivity index (χ4n) is 3.33. The number of ether oxygens (including phenoxy) is 2. The van der Waals surface area contributed by atoms with Crippen molar-refractivity contribution in [2.24, 2.45) is 0 Å². The van der Waals surface area contributed by atoms with Crippen molar-refractivity contribution < 1.29 is 24.2 Å². The molecule has 1 unspecified atom stereocenters. The number of aliphatic hydroxyl groups is 1. The maximum atomic E-state index is 12.8. The number of hydrogen-bond donors (Lipinski definition) is 1. The topological polar surface area (TPSA) is 89.0 Å². The van der Waals surface area contributed by atoms with E-state index in [2.05, 4.69) is 4.98 Å². The molecule has 3 rings (SSSR count). The van der Waals surface area contributed by atoms with E-state index in [0.717, 1.165) is 5.56 Å². The Kier molecular flexibility index (Phi) is 5.75. The smallest absolute Gasteiger partial charge is 0.295 e. The largest absolute Gasteiger partial charge is 0.507 e. The van der Waals surface area contributed by atoms with Crippen LogP contribution in [0.4, 0.5) is 0 Å². The average molecular weight is 382 g/mol. The highest BCUT2D eigenvalue weighted by molar-refractivity contribution is 6.46. The van der Waals surface area contributed by atoms with Gasteiger partial charge in [0.25, 0.3) is 11.7 Å². The Morgan fingerprint density at radius 1 is 1.21 bits per heavy atom. The van der Waals surface area contributed by atoms with E-state index in [4.69, 9.17) is 9.47 Å². The molecule has 2 heterocycles. The first-order valence-electron chi connectivity index (χ1n) is 8.83. The van der Waals surface area contributed by atoms with Gasteiger partial charge in [0.05, 0.1) is 25.0 Å². The first-order valence-corrected chi connectivity index (χ1v) is 8.83. The van der Waals surface area contributed by atoms with E-state index in [1.165, 1.54) is 12.0 Å². The second kappa shape index (κ2) is 8.22. The molecule has 2 aromatic rings. The summed E-state index contributed by atoms with van der Waals surface area (Å²) in [5, 5.41) is 11.0. The highest BCUT2D eigenvalue weighted by Crippen LogP contribution is 2.38. The van der Waals surface area contributed by atoms with Crippen LogP contribution in [0.2, 0.25) is 0 Å².